The Balaban J connectivity index is 0.000000396. The fourth-order valence-electron chi connectivity index (χ4n) is 0.955. The van der Waals surface area contributed by atoms with E-state index in [-0.39, 0.29) is 5.82 Å². The first-order chi connectivity index (χ1) is 6.27. The fourth-order valence-corrected chi connectivity index (χ4v) is 1.49. The van der Waals surface area contributed by atoms with E-state index in [2.05, 4.69) is 21.0 Å². The lowest BCUT2D eigenvalue weighted by molar-refractivity contribution is 0.613. The van der Waals surface area contributed by atoms with Crippen LogP contribution < -0.4 is 0 Å². The van der Waals surface area contributed by atoms with Gasteiger partial charge in [0.15, 0.2) is 0 Å². The molecule has 0 fully saturated rings. The molecule has 0 aromatic carbocycles. The summed E-state index contributed by atoms with van der Waals surface area (Å²) in [4.78, 5) is 0. The number of pyridine rings is 1. The molecule has 4 heteroatoms. The number of halogens is 2. The third-order valence-corrected chi connectivity index (χ3v) is 2.06. The zero-order chi connectivity index (χ0) is 9.84. The van der Waals surface area contributed by atoms with E-state index in [0.29, 0.717) is 0 Å². The molecule has 0 aliphatic rings. The Morgan fingerprint density at radius 1 is 1.46 bits per heavy atom. The van der Waals surface area contributed by atoms with Gasteiger partial charge in [0, 0.05) is 4.47 Å². The number of fused-ring (bicyclic) bond motifs is 1. The zero-order valence-electron chi connectivity index (χ0n) is 7.46. The molecule has 70 valence electrons. The lowest BCUT2D eigenvalue weighted by Gasteiger charge is -1.95. The summed E-state index contributed by atoms with van der Waals surface area (Å²) in [6.07, 6.45) is 2.96. The van der Waals surface area contributed by atoms with Crippen molar-refractivity contribution < 1.29 is 4.39 Å². The van der Waals surface area contributed by atoms with Gasteiger partial charge in [-0.15, -0.1) is 0 Å². The van der Waals surface area contributed by atoms with E-state index in [9.17, 15) is 4.39 Å². The van der Waals surface area contributed by atoms with Gasteiger partial charge in [0.05, 0.1) is 17.9 Å². The second-order valence-corrected chi connectivity index (χ2v) is 3.02. The summed E-state index contributed by atoms with van der Waals surface area (Å²) in [6, 6.07) is 3.22. The molecule has 0 bridgehead atoms. The van der Waals surface area contributed by atoms with E-state index in [1.54, 1.807) is 6.20 Å². The maximum absolute atomic E-state index is 12.7. The predicted octanol–water partition coefficient (Wildman–Crippen LogP) is 3.26. The highest BCUT2D eigenvalue weighted by molar-refractivity contribution is 9.10. The van der Waals surface area contributed by atoms with Gasteiger partial charge in [0.25, 0.3) is 0 Å². The largest absolute Gasteiger partial charge is 0.237 e. The highest BCUT2D eigenvalue weighted by Gasteiger charge is 2.00. The topological polar surface area (TPSA) is 17.3 Å². The average Bonchev–Trinajstić information content (AvgIpc) is 2.55. The van der Waals surface area contributed by atoms with Crippen molar-refractivity contribution in [3.63, 3.8) is 0 Å². The molecule has 2 aromatic heterocycles. The molecule has 0 atom stereocenters. The minimum Gasteiger partial charge on any atom is -0.237 e. The maximum atomic E-state index is 12.7. The van der Waals surface area contributed by atoms with Gasteiger partial charge >= 0.3 is 0 Å². The lowest BCUT2D eigenvalue weighted by Crippen LogP contribution is -1.88. The summed E-state index contributed by atoms with van der Waals surface area (Å²) in [5.41, 5.74) is 0.867. The third-order valence-electron chi connectivity index (χ3n) is 1.43. The minimum absolute atomic E-state index is 0.298. The summed E-state index contributed by atoms with van der Waals surface area (Å²) >= 11 is 3.23. The Labute approximate surface area is 84.5 Å². The van der Waals surface area contributed by atoms with Crippen molar-refractivity contribution in [2.45, 2.75) is 13.8 Å². The van der Waals surface area contributed by atoms with Crippen LogP contribution in [-0.2, 0) is 0 Å². The van der Waals surface area contributed by atoms with Crippen LogP contribution in [0.4, 0.5) is 4.39 Å². The van der Waals surface area contributed by atoms with Crippen molar-refractivity contribution in [1.29, 1.82) is 0 Å². The molecular weight excluding hydrogens is 235 g/mol. The Hall–Kier alpha value is -0.900. The predicted molar refractivity (Wildman–Crippen MR) is 54.2 cm³/mol. The highest BCUT2D eigenvalue weighted by Crippen LogP contribution is 2.17. The Morgan fingerprint density at radius 3 is 2.85 bits per heavy atom. The summed E-state index contributed by atoms with van der Waals surface area (Å²) in [7, 11) is 0. The van der Waals surface area contributed by atoms with Gasteiger partial charge in [-0.1, -0.05) is 13.8 Å². The van der Waals surface area contributed by atoms with E-state index >= 15 is 0 Å². The van der Waals surface area contributed by atoms with E-state index in [0.717, 1.165) is 9.99 Å². The molecule has 0 saturated carbocycles. The molecule has 2 rings (SSSR count). The molecule has 0 saturated heterocycles. The quantitative estimate of drug-likeness (QED) is 0.696. The monoisotopic (exact) mass is 244 g/mol. The number of rotatable bonds is 0. The molecule has 2 nitrogen and oxygen atoms in total. The van der Waals surface area contributed by atoms with Crippen molar-refractivity contribution in [2.75, 3.05) is 0 Å². The Kier molecular flexibility index (Phi) is 3.42. The number of aromatic nitrogens is 2. The number of hydrogen-bond acceptors (Lipinski definition) is 1. The lowest BCUT2D eigenvalue weighted by atomic mass is 10.4. The van der Waals surface area contributed by atoms with Gasteiger partial charge in [0.2, 0.25) is 0 Å². The smallest absolute Gasteiger partial charge is 0.142 e. The van der Waals surface area contributed by atoms with Crippen LogP contribution in [0, 0.1) is 5.82 Å². The number of nitrogens with zero attached hydrogens (tertiary/aromatic N) is 2. The standard InChI is InChI=1S/C7H4BrFN2.C2H6/c8-6-3-5(9)4-11-7(6)1-2-10-11;1-2/h1-4H;1-2H3. The summed E-state index contributed by atoms with van der Waals surface area (Å²) in [5, 5.41) is 3.89. The van der Waals surface area contributed by atoms with Crippen LogP contribution in [-0.4, -0.2) is 9.61 Å². The molecule has 0 amide bonds. The van der Waals surface area contributed by atoms with Gasteiger partial charge in [-0.05, 0) is 28.1 Å². The van der Waals surface area contributed by atoms with Gasteiger partial charge in [-0.2, -0.15) is 5.10 Å². The molecule has 0 unspecified atom stereocenters. The Morgan fingerprint density at radius 2 is 2.15 bits per heavy atom. The average molecular weight is 245 g/mol. The van der Waals surface area contributed by atoms with Gasteiger partial charge in [0.1, 0.15) is 5.82 Å². The van der Waals surface area contributed by atoms with E-state index < -0.39 is 0 Å². The number of hydrogen-bond donors (Lipinski definition) is 0. The SMILES string of the molecule is CC.Fc1cc(Br)c2ccnn2c1. The van der Waals surface area contributed by atoms with Gasteiger partial charge in [-0.3, -0.25) is 0 Å². The molecule has 2 aromatic rings. The summed E-state index contributed by atoms with van der Waals surface area (Å²) in [5.74, 6) is -0.298. The first kappa shape index (κ1) is 10.2. The molecule has 0 spiro atoms. The third kappa shape index (κ3) is 2.06. The molecule has 2 heterocycles. The van der Waals surface area contributed by atoms with Crippen LogP contribution in [0.2, 0.25) is 0 Å². The molecule has 0 N–H and O–H groups in total. The van der Waals surface area contributed by atoms with E-state index in [1.807, 2.05) is 19.9 Å². The van der Waals surface area contributed by atoms with Crippen LogP contribution in [0.25, 0.3) is 5.52 Å². The van der Waals surface area contributed by atoms with Crippen molar-refractivity contribution in [2.24, 2.45) is 0 Å². The first-order valence-electron chi connectivity index (χ1n) is 4.06. The highest BCUT2D eigenvalue weighted by atomic mass is 79.9. The second kappa shape index (κ2) is 4.37. The van der Waals surface area contributed by atoms with Crippen LogP contribution >= 0.6 is 15.9 Å². The normalized spacial score (nSPS) is 9.54. The van der Waals surface area contributed by atoms with E-state index in [1.165, 1.54) is 16.8 Å². The summed E-state index contributed by atoms with van der Waals surface area (Å²) < 4.78 is 14.9. The van der Waals surface area contributed by atoms with Crippen molar-refractivity contribution in [1.82, 2.24) is 9.61 Å². The molecule has 0 radical (unpaired) electrons. The van der Waals surface area contributed by atoms with Gasteiger partial charge in [-0.25, -0.2) is 8.91 Å². The van der Waals surface area contributed by atoms with Crippen LogP contribution in [0.5, 0.6) is 0 Å². The van der Waals surface area contributed by atoms with Crippen LogP contribution in [0.3, 0.4) is 0 Å². The van der Waals surface area contributed by atoms with Crippen molar-refractivity contribution >= 4 is 21.4 Å². The molecular formula is C9H10BrFN2. The van der Waals surface area contributed by atoms with Crippen molar-refractivity contribution in [3.8, 4) is 0 Å². The van der Waals surface area contributed by atoms with E-state index in [4.69, 9.17) is 0 Å². The molecule has 0 aliphatic carbocycles. The molecule has 0 aliphatic heterocycles. The minimum atomic E-state index is -0.298. The zero-order valence-corrected chi connectivity index (χ0v) is 9.05. The first-order valence-corrected chi connectivity index (χ1v) is 4.85. The Bertz CT molecular complexity index is 397. The van der Waals surface area contributed by atoms with Crippen LogP contribution in [0.1, 0.15) is 13.8 Å². The fraction of sp³-hybridized carbons (Fsp3) is 0.222. The second-order valence-electron chi connectivity index (χ2n) is 2.17. The van der Waals surface area contributed by atoms with Crippen molar-refractivity contribution in [3.05, 3.63) is 34.8 Å². The van der Waals surface area contributed by atoms with Crippen LogP contribution in [0.15, 0.2) is 29.0 Å². The maximum Gasteiger partial charge on any atom is 0.142 e. The van der Waals surface area contributed by atoms with Gasteiger partial charge < -0.3 is 0 Å². The summed E-state index contributed by atoms with van der Waals surface area (Å²) in [6.45, 7) is 4.00. The molecule has 13 heavy (non-hydrogen) atoms.